The topological polar surface area (TPSA) is 59.9 Å². The van der Waals surface area contributed by atoms with E-state index >= 15 is 0 Å². The van der Waals surface area contributed by atoms with Gasteiger partial charge in [-0.25, -0.2) is 18.4 Å². The third-order valence-corrected chi connectivity index (χ3v) is 2.09. The zero-order chi connectivity index (χ0) is 9.19. The van der Waals surface area contributed by atoms with Gasteiger partial charge in [-0.1, -0.05) is 0 Å². The van der Waals surface area contributed by atoms with E-state index in [4.69, 9.17) is 0 Å². The highest BCUT2D eigenvalue weighted by Crippen LogP contribution is 2.01. The highest BCUT2D eigenvalue weighted by Gasteiger charge is 2.05. The number of rotatable bonds is 2. The van der Waals surface area contributed by atoms with E-state index in [0.29, 0.717) is 5.69 Å². The van der Waals surface area contributed by atoms with Gasteiger partial charge in [0.25, 0.3) is 0 Å². The lowest BCUT2D eigenvalue weighted by Crippen LogP contribution is -2.03. The minimum Gasteiger partial charge on any atom is -0.242 e. The standard InChI is InChI=1S/C7H10N2O2S/c1-6-3-7(9-5-8-6)4-12(2,10)11/h3,5H,4H2,1-2H3. The van der Waals surface area contributed by atoms with Crippen molar-refractivity contribution < 1.29 is 8.42 Å². The van der Waals surface area contributed by atoms with E-state index in [0.717, 1.165) is 5.69 Å². The lowest BCUT2D eigenvalue weighted by molar-refractivity contribution is 0.600. The number of aromatic nitrogens is 2. The molecule has 1 aromatic rings. The van der Waals surface area contributed by atoms with Crippen molar-refractivity contribution in [3.8, 4) is 0 Å². The molecule has 0 amide bonds. The van der Waals surface area contributed by atoms with E-state index in [1.54, 1.807) is 13.0 Å². The first kappa shape index (κ1) is 9.12. The normalized spacial score (nSPS) is 11.5. The van der Waals surface area contributed by atoms with Crippen molar-refractivity contribution >= 4 is 9.84 Å². The lowest BCUT2D eigenvalue weighted by atomic mass is 10.4. The van der Waals surface area contributed by atoms with Crippen LogP contribution in [-0.4, -0.2) is 24.6 Å². The van der Waals surface area contributed by atoms with Crippen LogP contribution in [0.3, 0.4) is 0 Å². The van der Waals surface area contributed by atoms with Gasteiger partial charge in [-0.15, -0.1) is 0 Å². The Morgan fingerprint density at radius 1 is 1.42 bits per heavy atom. The van der Waals surface area contributed by atoms with Crippen LogP contribution in [0.1, 0.15) is 11.4 Å². The molecule has 0 saturated heterocycles. The SMILES string of the molecule is Cc1cc(CS(C)(=O)=O)ncn1. The Morgan fingerprint density at radius 2 is 2.08 bits per heavy atom. The first-order valence-electron chi connectivity index (χ1n) is 3.42. The second-order valence-electron chi connectivity index (χ2n) is 2.72. The molecule has 0 unspecified atom stereocenters. The van der Waals surface area contributed by atoms with Crippen LogP contribution in [0.4, 0.5) is 0 Å². The summed E-state index contributed by atoms with van der Waals surface area (Å²) < 4.78 is 21.7. The van der Waals surface area contributed by atoms with Crippen molar-refractivity contribution in [3.05, 3.63) is 23.8 Å². The molecule has 0 atom stereocenters. The summed E-state index contributed by atoms with van der Waals surface area (Å²) in [5, 5.41) is 0. The third-order valence-electron chi connectivity index (χ3n) is 1.27. The summed E-state index contributed by atoms with van der Waals surface area (Å²) in [7, 11) is -2.98. The molecule has 66 valence electrons. The van der Waals surface area contributed by atoms with Crippen molar-refractivity contribution in [2.75, 3.05) is 6.26 Å². The van der Waals surface area contributed by atoms with Crippen LogP contribution in [0.15, 0.2) is 12.4 Å². The molecule has 0 aromatic carbocycles. The summed E-state index contributed by atoms with van der Waals surface area (Å²) in [5.41, 5.74) is 1.33. The van der Waals surface area contributed by atoms with Crippen LogP contribution < -0.4 is 0 Å². The van der Waals surface area contributed by atoms with Crippen LogP contribution in [0.2, 0.25) is 0 Å². The van der Waals surface area contributed by atoms with Crippen molar-refractivity contribution in [1.82, 2.24) is 9.97 Å². The minimum atomic E-state index is -2.98. The maximum absolute atomic E-state index is 10.9. The van der Waals surface area contributed by atoms with E-state index in [-0.39, 0.29) is 5.75 Å². The largest absolute Gasteiger partial charge is 0.242 e. The third kappa shape index (κ3) is 2.96. The first-order chi connectivity index (χ1) is 5.47. The molecule has 12 heavy (non-hydrogen) atoms. The highest BCUT2D eigenvalue weighted by atomic mass is 32.2. The Bertz CT molecular complexity index is 373. The summed E-state index contributed by atoms with van der Waals surface area (Å²) in [6.45, 7) is 1.80. The van der Waals surface area contributed by atoms with Gasteiger partial charge in [0.05, 0.1) is 11.4 Å². The van der Waals surface area contributed by atoms with Gasteiger partial charge in [-0.2, -0.15) is 0 Å². The molecule has 0 bridgehead atoms. The van der Waals surface area contributed by atoms with E-state index in [9.17, 15) is 8.42 Å². The fourth-order valence-corrected chi connectivity index (χ4v) is 1.55. The van der Waals surface area contributed by atoms with Crippen LogP contribution in [0.25, 0.3) is 0 Å². The molecule has 0 aliphatic rings. The summed E-state index contributed by atoms with van der Waals surface area (Å²) >= 11 is 0. The molecular weight excluding hydrogens is 176 g/mol. The number of hydrogen-bond acceptors (Lipinski definition) is 4. The molecule has 5 heteroatoms. The van der Waals surface area contributed by atoms with Crippen LogP contribution in [-0.2, 0) is 15.6 Å². The van der Waals surface area contributed by atoms with Gasteiger partial charge in [-0.3, -0.25) is 0 Å². The summed E-state index contributed by atoms with van der Waals surface area (Å²) in [5.74, 6) is -0.0175. The van der Waals surface area contributed by atoms with Gasteiger partial charge in [0.1, 0.15) is 6.33 Å². The molecule has 0 spiro atoms. The molecular formula is C7H10N2O2S. The van der Waals surface area contributed by atoms with E-state index < -0.39 is 9.84 Å². The average molecular weight is 186 g/mol. The fourth-order valence-electron chi connectivity index (χ4n) is 0.857. The van der Waals surface area contributed by atoms with Gasteiger partial charge in [0.15, 0.2) is 9.84 Å². The van der Waals surface area contributed by atoms with Crippen LogP contribution in [0.5, 0.6) is 0 Å². The molecule has 1 aromatic heterocycles. The molecule has 0 radical (unpaired) electrons. The van der Waals surface area contributed by atoms with Gasteiger partial charge in [0.2, 0.25) is 0 Å². The number of sulfone groups is 1. The average Bonchev–Trinajstić information content (AvgIpc) is 1.82. The van der Waals surface area contributed by atoms with E-state index in [1.807, 2.05) is 0 Å². The lowest BCUT2D eigenvalue weighted by Gasteiger charge is -1.97. The quantitative estimate of drug-likeness (QED) is 0.667. The zero-order valence-corrected chi connectivity index (χ0v) is 7.80. The Balaban J connectivity index is 2.91. The monoisotopic (exact) mass is 186 g/mol. The molecule has 1 heterocycles. The van der Waals surface area contributed by atoms with Crippen molar-refractivity contribution in [2.24, 2.45) is 0 Å². The number of aryl methyl sites for hydroxylation is 1. The molecule has 0 aliphatic carbocycles. The van der Waals surface area contributed by atoms with Crippen molar-refractivity contribution in [1.29, 1.82) is 0 Å². The van der Waals surface area contributed by atoms with E-state index in [1.165, 1.54) is 12.6 Å². The molecule has 0 fully saturated rings. The van der Waals surface area contributed by atoms with Gasteiger partial charge >= 0.3 is 0 Å². The molecule has 0 aliphatic heterocycles. The highest BCUT2D eigenvalue weighted by molar-refractivity contribution is 7.89. The van der Waals surface area contributed by atoms with Crippen LogP contribution >= 0.6 is 0 Å². The van der Waals surface area contributed by atoms with Crippen LogP contribution in [0, 0.1) is 6.92 Å². The smallest absolute Gasteiger partial charge is 0.153 e. The molecule has 0 N–H and O–H groups in total. The van der Waals surface area contributed by atoms with Crippen molar-refractivity contribution in [3.63, 3.8) is 0 Å². The predicted octanol–water partition coefficient (Wildman–Crippen LogP) is 0.330. The first-order valence-corrected chi connectivity index (χ1v) is 5.49. The maximum atomic E-state index is 10.9. The molecule has 1 rings (SSSR count). The summed E-state index contributed by atoms with van der Waals surface area (Å²) in [6, 6.07) is 1.67. The number of hydrogen-bond donors (Lipinski definition) is 0. The zero-order valence-electron chi connectivity index (χ0n) is 6.98. The predicted molar refractivity (Wildman–Crippen MR) is 45.3 cm³/mol. The maximum Gasteiger partial charge on any atom is 0.153 e. The Morgan fingerprint density at radius 3 is 2.58 bits per heavy atom. The second-order valence-corrected chi connectivity index (χ2v) is 4.86. The second kappa shape index (κ2) is 3.18. The van der Waals surface area contributed by atoms with Crippen molar-refractivity contribution in [2.45, 2.75) is 12.7 Å². The van der Waals surface area contributed by atoms with Gasteiger partial charge in [-0.05, 0) is 13.0 Å². The van der Waals surface area contributed by atoms with Gasteiger partial charge in [0, 0.05) is 11.9 Å². The molecule has 4 nitrogen and oxygen atoms in total. The Kier molecular flexibility index (Phi) is 2.42. The summed E-state index contributed by atoms with van der Waals surface area (Å²) in [4.78, 5) is 7.70. The Labute approximate surface area is 71.6 Å². The Hall–Kier alpha value is -0.970. The van der Waals surface area contributed by atoms with Gasteiger partial charge < -0.3 is 0 Å². The van der Waals surface area contributed by atoms with E-state index in [2.05, 4.69) is 9.97 Å². The molecule has 0 saturated carbocycles. The number of nitrogens with zero attached hydrogens (tertiary/aromatic N) is 2. The summed E-state index contributed by atoms with van der Waals surface area (Å²) in [6.07, 6.45) is 2.56. The fraction of sp³-hybridized carbons (Fsp3) is 0.429. The minimum absolute atomic E-state index is 0.0175.